The Morgan fingerprint density at radius 2 is 2.33 bits per heavy atom. The number of imidazole rings is 1. The summed E-state index contributed by atoms with van der Waals surface area (Å²) in [4.78, 5) is 22.8. The molecule has 2 heterocycles. The highest BCUT2D eigenvalue weighted by molar-refractivity contribution is 6.32. The van der Waals surface area contributed by atoms with E-state index < -0.39 is 11.7 Å². The second kappa shape index (κ2) is 7.14. The van der Waals surface area contributed by atoms with Crippen molar-refractivity contribution in [2.75, 3.05) is 0 Å². The third kappa shape index (κ3) is 3.90. The topological polar surface area (TPSA) is 93.0 Å². The first kappa shape index (κ1) is 16.0. The van der Waals surface area contributed by atoms with Crippen molar-refractivity contribution in [3.05, 3.63) is 65.1 Å². The number of halogens is 2. The van der Waals surface area contributed by atoms with Crippen molar-refractivity contribution >= 4 is 17.5 Å². The first-order valence-corrected chi connectivity index (χ1v) is 7.28. The third-order valence-electron chi connectivity index (χ3n) is 3.00. The number of oxazole rings is 1. The number of benzene rings is 1. The van der Waals surface area contributed by atoms with Gasteiger partial charge < -0.3 is 19.5 Å². The molecular formula is C15H12ClFN4O3. The highest BCUT2D eigenvalue weighted by atomic mass is 35.5. The molecule has 124 valence electrons. The molecule has 0 saturated heterocycles. The fourth-order valence-electron chi connectivity index (χ4n) is 1.86. The Hall–Kier alpha value is -2.87. The molecule has 3 rings (SSSR count). The summed E-state index contributed by atoms with van der Waals surface area (Å²) in [6.07, 6.45) is 4.48. The second-order valence-electron chi connectivity index (χ2n) is 4.71. The van der Waals surface area contributed by atoms with Crippen LogP contribution in [0.5, 0.6) is 5.75 Å². The van der Waals surface area contributed by atoms with Crippen LogP contribution in [0.4, 0.5) is 4.39 Å². The second-order valence-corrected chi connectivity index (χ2v) is 5.12. The van der Waals surface area contributed by atoms with Gasteiger partial charge in [-0.3, -0.25) is 4.79 Å². The number of hydrogen-bond donors (Lipinski definition) is 2. The summed E-state index contributed by atoms with van der Waals surface area (Å²) in [5, 5.41) is 2.78. The molecule has 2 aromatic heterocycles. The van der Waals surface area contributed by atoms with Crippen molar-refractivity contribution in [1.29, 1.82) is 0 Å². The van der Waals surface area contributed by atoms with Gasteiger partial charge in [-0.15, -0.1) is 0 Å². The lowest BCUT2D eigenvalue weighted by molar-refractivity contribution is 0.0945. The smallest absolute Gasteiger partial charge is 0.273 e. The van der Waals surface area contributed by atoms with E-state index in [0.717, 1.165) is 6.07 Å². The SMILES string of the molecule is O=C(NCc1ncc[nH]1)c1coc(COc2ccc(F)cc2Cl)n1. The minimum absolute atomic E-state index is 0.0448. The number of H-pyrrole nitrogens is 1. The van der Waals surface area contributed by atoms with E-state index in [1.54, 1.807) is 12.4 Å². The molecule has 0 unspecified atom stereocenters. The van der Waals surface area contributed by atoms with Crippen LogP contribution < -0.4 is 10.1 Å². The Balaban J connectivity index is 1.55. The number of carbonyl (C=O) groups is 1. The first-order valence-electron chi connectivity index (χ1n) is 6.90. The van der Waals surface area contributed by atoms with Crippen molar-refractivity contribution < 1.29 is 18.3 Å². The van der Waals surface area contributed by atoms with Crippen molar-refractivity contribution in [1.82, 2.24) is 20.3 Å². The Morgan fingerprint density at radius 3 is 3.08 bits per heavy atom. The maximum Gasteiger partial charge on any atom is 0.273 e. The number of ether oxygens (including phenoxy) is 1. The fourth-order valence-corrected chi connectivity index (χ4v) is 2.08. The van der Waals surface area contributed by atoms with Crippen molar-refractivity contribution in [3.63, 3.8) is 0 Å². The summed E-state index contributed by atoms with van der Waals surface area (Å²) in [7, 11) is 0. The number of rotatable bonds is 6. The zero-order valence-corrected chi connectivity index (χ0v) is 13.0. The quantitative estimate of drug-likeness (QED) is 0.713. The van der Waals surface area contributed by atoms with Gasteiger partial charge in [-0.1, -0.05) is 11.6 Å². The Bertz CT molecular complexity index is 835. The monoisotopic (exact) mass is 350 g/mol. The van der Waals surface area contributed by atoms with Crippen LogP contribution in [-0.2, 0) is 13.2 Å². The molecule has 0 atom stereocenters. The number of nitrogens with one attached hydrogen (secondary N) is 2. The minimum atomic E-state index is -0.459. The third-order valence-corrected chi connectivity index (χ3v) is 3.30. The number of carbonyl (C=O) groups excluding carboxylic acids is 1. The van der Waals surface area contributed by atoms with E-state index in [0.29, 0.717) is 11.6 Å². The lowest BCUT2D eigenvalue weighted by Gasteiger charge is -2.05. The number of nitrogens with zero attached hydrogens (tertiary/aromatic N) is 2. The van der Waals surface area contributed by atoms with Crippen molar-refractivity contribution in [2.24, 2.45) is 0 Å². The molecule has 3 aromatic rings. The van der Waals surface area contributed by atoms with Gasteiger partial charge >= 0.3 is 0 Å². The largest absolute Gasteiger partial charge is 0.482 e. The molecule has 0 aliphatic rings. The van der Waals surface area contributed by atoms with Crippen molar-refractivity contribution in [2.45, 2.75) is 13.2 Å². The lowest BCUT2D eigenvalue weighted by Crippen LogP contribution is -2.23. The zero-order chi connectivity index (χ0) is 16.9. The van der Waals surface area contributed by atoms with Crippen molar-refractivity contribution in [3.8, 4) is 5.75 Å². The summed E-state index contributed by atoms with van der Waals surface area (Å²) in [6.45, 7) is 0.201. The number of amides is 1. The summed E-state index contributed by atoms with van der Waals surface area (Å²) < 4.78 is 23.5. The zero-order valence-electron chi connectivity index (χ0n) is 12.3. The van der Waals surface area contributed by atoms with Gasteiger partial charge in [0.25, 0.3) is 5.91 Å². The van der Waals surface area contributed by atoms with E-state index in [4.69, 9.17) is 20.8 Å². The van der Waals surface area contributed by atoms with Gasteiger partial charge in [0.15, 0.2) is 12.3 Å². The maximum atomic E-state index is 13.0. The van der Waals surface area contributed by atoms with Crippen LogP contribution in [0.1, 0.15) is 22.2 Å². The van der Waals surface area contributed by atoms with E-state index in [1.807, 2.05) is 0 Å². The van der Waals surface area contributed by atoms with Crippen LogP contribution in [0.25, 0.3) is 0 Å². The summed E-state index contributed by atoms with van der Waals surface area (Å²) in [6, 6.07) is 3.77. The normalized spacial score (nSPS) is 10.6. The molecule has 1 amide bonds. The van der Waals surface area contributed by atoms with Gasteiger partial charge in [0.05, 0.1) is 11.6 Å². The van der Waals surface area contributed by atoms with Gasteiger partial charge in [-0.2, -0.15) is 0 Å². The summed E-state index contributed by atoms with van der Waals surface area (Å²) >= 11 is 5.85. The number of hydrogen-bond acceptors (Lipinski definition) is 5. The Kier molecular flexibility index (Phi) is 4.76. The van der Waals surface area contributed by atoms with Gasteiger partial charge in [0, 0.05) is 12.4 Å². The maximum absolute atomic E-state index is 13.0. The summed E-state index contributed by atoms with van der Waals surface area (Å²) in [5.74, 6) is 0.250. The lowest BCUT2D eigenvalue weighted by atomic mass is 10.3. The van der Waals surface area contributed by atoms with E-state index in [2.05, 4.69) is 20.3 Å². The van der Waals surface area contributed by atoms with Crippen LogP contribution >= 0.6 is 11.6 Å². The molecule has 0 bridgehead atoms. The van der Waals surface area contributed by atoms with Gasteiger partial charge in [-0.05, 0) is 18.2 Å². The molecule has 0 aliphatic heterocycles. The van der Waals surface area contributed by atoms with E-state index in [1.165, 1.54) is 18.4 Å². The first-order chi connectivity index (χ1) is 11.6. The molecule has 0 radical (unpaired) electrons. The molecule has 0 aliphatic carbocycles. The predicted molar refractivity (Wildman–Crippen MR) is 82.0 cm³/mol. The molecule has 7 nitrogen and oxygen atoms in total. The van der Waals surface area contributed by atoms with Gasteiger partial charge in [-0.25, -0.2) is 14.4 Å². The van der Waals surface area contributed by atoms with E-state index >= 15 is 0 Å². The fraction of sp³-hybridized carbons (Fsp3) is 0.133. The average Bonchev–Trinajstić information content (AvgIpc) is 3.23. The molecule has 0 fully saturated rings. The standard InChI is InChI=1S/C15H12ClFN4O3/c16-10-5-9(17)1-2-12(10)23-8-14-21-11(7-24-14)15(22)20-6-13-18-3-4-19-13/h1-5,7H,6,8H2,(H,18,19)(H,20,22). The highest BCUT2D eigenvalue weighted by Crippen LogP contribution is 2.25. The molecule has 0 spiro atoms. The molecule has 1 aromatic carbocycles. The minimum Gasteiger partial charge on any atom is -0.482 e. The number of aromatic amines is 1. The Labute approximate surface area is 140 Å². The average molecular weight is 351 g/mol. The van der Waals surface area contributed by atoms with Crippen LogP contribution in [0.3, 0.4) is 0 Å². The van der Waals surface area contributed by atoms with Gasteiger partial charge in [0.2, 0.25) is 5.89 Å². The predicted octanol–water partition coefficient (Wildman–Crippen LogP) is 2.70. The molecule has 9 heteroatoms. The summed E-state index contributed by atoms with van der Waals surface area (Å²) in [5.41, 5.74) is 0.116. The van der Waals surface area contributed by atoms with Crippen LogP contribution in [-0.4, -0.2) is 20.9 Å². The molecule has 0 saturated carbocycles. The molecule has 24 heavy (non-hydrogen) atoms. The highest BCUT2D eigenvalue weighted by Gasteiger charge is 2.13. The molecular weight excluding hydrogens is 339 g/mol. The van der Waals surface area contributed by atoms with Crippen LogP contribution in [0, 0.1) is 5.82 Å². The van der Waals surface area contributed by atoms with E-state index in [-0.39, 0.29) is 29.8 Å². The van der Waals surface area contributed by atoms with Crippen LogP contribution in [0.2, 0.25) is 5.02 Å². The van der Waals surface area contributed by atoms with Gasteiger partial charge in [0.1, 0.15) is 23.7 Å². The Morgan fingerprint density at radius 1 is 1.46 bits per heavy atom. The van der Waals surface area contributed by atoms with Crippen LogP contribution in [0.15, 0.2) is 41.3 Å². The molecule has 2 N–H and O–H groups in total. The number of aromatic nitrogens is 3. The van der Waals surface area contributed by atoms with E-state index in [9.17, 15) is 9.18 Å².